The highest BCUT2D eigenvalue weighted by molar-refractivity contribution is 7.92. The molecule has 1 N–H and O–H groups in total. The molecule has 9 nitrogen and oxygen atoms in total. The van der Waals surface area contributed by atoms with Crippen molar-refractivity contribution in [2.24, 2.45) is 0 Å². The van der Waals surface area contributed by atoms with Gasteiger partial charge in [-0.05, 0) is 61.7 Å². The number of methoxy groups -OCH3 is 2. The number of rotatable bonds is 14. The molecule has 1 atom stereocenters. The number of halogens is 2. The van der Waals surface area contributed by atoms with Crippen LogP contribution in [0.5, 0.6) is 11.5 Å². The van der Waals surface area contributed by atoms with Gasteiger partial charge >= 0.3 is 0 Å². The third kappa shape index (κ3) is 8.34. The Morgan fingerprint density at radius 1 is 0.907 bits per heavy atom. The first kappa shape index (κ1) is 34.0. The van der Waals surface area contributed by atoms with Gasteiger partial charge in [0.15, 0.2) is 11.5 Å². The maximum Gasteiger partial charge on any atom is 0.264 e. The molecule has 0 heterocycles. The maximum atomic E-state index is 14.2. The van der Waals surface area contributed by atoms with Crippen molar-refractivity contribution in [3.05, 3.63) is 81.8 Å². The van der Waals surface area contributed by atoms with Crippen LogP contribution in [-0.4, -0.2) is 58.5 Å². The predicted octanol–water partition coefficient (Wildman–Crippen LogP) is 5.85. The number of sulfonamides is 1. The molecule has 0 radical (unpaired) electrons. The number of amides is 2. The van der Waals surface area contributed by atoms with E-state index in [2.05, 4.69) is 5.32 Å². The minimum Gasteiger partial charge on any atom is -0.493 e. The summed E-state index contributed by atoms with van der Waals surface area (Å²) in [5.74, 6) is -0.327. The second-order valence-corrected chi connectivity index (χ2v) is 12.5. The summed E-state index contributed by atoms with van der Waals surface area (Å²) in [4.78, 5) is 28.7. The van der Waals surface area contributed by atoms with E-state index < -0.39 is 28.5 Å². The van der Waals surface area contributed by atoms with Crippen LogP contribution >= 0.6 is 23.2 Å². The average molecular weight is 651 g/mol. The number of hydrogen-bond acceptors (Lipinski definition) is 6. The van der Waals surface area contributed by atoms with Gasteiger partial charge in [-0.1, -0.05) is 60.8 Å². The standard InChI is InChI=1S/C31H37Cl2N3O6S/c1-6-16-34-31(38)27(7-2)35(19-22-10-14-25(32)26(33)17-22)30(37)20-36(23-11-8-21(3)9-12-23)43(39,40)24-13-15-28(41-4)29(18-24)42-5/h8-15,17-18,27H,6-7,16,19-20H2,1-5H3,(H,34,38)/t27-/m1/s1. The van der Waals surface area contributed by atoms with Gasteiger partial charge in [0.25, 0.3) is 10.0 Å². The Morgan fingerprint density at radius 3 is 2.16 bits per heavy atom. The second kappa shape index (κ2) is 15.3. The lowest BCUT2D eigenvalue weighted by Crippen LogP contribution is -2.52. The van der Waals surface area contributed by atoms with Crippen LogP contribution in [0.25, 0.3) is 0 Å². The quantitative estimate of drug-likeness (QED) is 0.235. The van der Waals surface area contributed by atoms with Gasteiger partial charge in [-0.15, -0.1) is 0 Å². The summed E-state index contributed by atoms with van der Waals surface area (Å²) in [6.07, 6.45) is 1.02. The fourth-order valence-corrected chi connectivity index (χ4v) is 6.21. The van der Waals surface area contributed by atoms with Gasteiger partial charge in [-0.3, -0.25) is 13.9 Å². The Balaban J connectivity index is 2.10. The molecule has 2 amide bonds. The summed E-state index contributed by atoms with van der Waals surface area (Å²) in [7, 11) is -1.44. The summed E-state index contributed by atoms with van der Waals surface area (Å²) in [6, 6.07) is 15.1. The van der Waals surface area contributed by atoms with Crippen LogP contribution in [0, 0.1) is 6.92 Å². The zero-order valence-corrected chi connectivity index (χ0v) is 27.2. The van der Waals surface area contributed by atoms with Gasteiger partial charge in [-0.25, -0.2) is 8.42 Å². The molecule has 0 bridgehead atoms. The lowest BCUT2D eigenvalue weighted by molar-refractivity contribution is -0.140. The summed E-state index contributed by atoms with van der Waals surface area (Å²) >= 11 is 12.4. The van der Waals surface area contributed by atoms with Crippen molar-refractivity contribution < 1.29 is 27.5 Å². The Morgan fingerprint density at radius 2 is 1.58 bits per heavy atom. The predicted molar refractivity (Wildman–Crippen MR) is 170 cm³/mol. The van der Waals surface area contributed by atoms with Crippen molar-refractivity contribution in [3.8, 4) is 11.5 Å². The molecule has 0 aliphatic rings. The highest BCUT2D eigenvalue weighted by Gasteiger charge is 2.34. The van der Waals surface area contributed by atoms with E-state index >= 15 is 0 Å². The van der Waals surface area contributed by atoms with E-state index in [1.807, 2.05) is 13.8 Å². The van der Waals surface area contributed by atoms with Crippen molar-refractivity contribution in [1.29, 1.82) is 0 Å². The fraction of sp³-hybridized carbons (Fsp3) is 0.355. The lowest BCUT2D eigenvalue weighted by atomic mass is 10.1. The highest BCUT2D eigenvalue weighted by atomic mass is 35.5. The molecule has 0 aliphatic heterocycles. The Hall–Kier alpha value is -3.47. The van der Waals surface area contributed by atoms with Crippen LogP contribution in [0.4, 0.5) is 5.69 Å². The summed E-state index contributed by atoms with van der Waals surface area (Å²) in [5.41, 5.74) is 1.83. The Kier molecular flexibility index (Phi) is 12.1. The minimum atomic E-state index is -4.29. The number of carbonyl (C=O) groups excluding carboxylic acids is 2. The largest absolute Gasteiger partial charge is 0.493 e. The number of nitrogens with one attached hydrogen (secondary N) is 1. The topological polar surface area (TPSA) is 105 Å². The van der Waals surface area contributed by atoms with Gasteiger partial charge in [0.2, 0.25) is 11.8 Å². The molecule has 0 fully saturated rings. The van der Waals surface area contributed by atoms with Crippen molar-refractivity contribution in [3.63, 3.8) is 0 Å². The van der Waals surface area contributed by atoms with E-state index in [-0.39, 0.29) is 28.8 Å². The van der Waals surface area contributed by atoms with Crippen molar-refractivity contribution in [1.82, 2.24) is 10.2 Å². The molecule has 0 saturated carbocycles. The minimum absolute atomic E-state index is 0.00587. The van der Waals surface area contributed by atoms with Crippen molar-refractivity contribution in [2.75, 3.05) is 31.6 Å². The molecule has 12 heteroatoms. The molecule has 3 aromatic carbocycles. The molecular weight excluding hydrogens is 613 g/mol. The summed E-state index contributed by atoms with van der Waals surface area (Å²) in [5, 5.41) is 3.51. The van der Waals surface area contributed by atoms with Crippen LogP contribution in [0.2, 0.25) is 10.0 Å². The SMILES string of the molecule is CCCNC(=O)[C@@H](CC)N(Cc1ccc(Cl)c(Cl)c1)C(=O)CN(c1ccc(C)cc1)S(=O)(=O)c1ccc(OC)c(OC)c1. The lowest BCUT2D eigenvalue weighted by Gasteiger charge is -2.33. The fourth-order valence-electron chi connectivity index (χ4n) is 4.46. The van der Waals surface area contributed by atoms with Gasteiger partial charge in [0.1, 0.15) is 12.6 Å². The van der Waals surface area contributed by atoms with Crippen molar-refractivity contribution >= 4 is 50.7 Å². The van der Waals surface area contributed by atoms with Crippen LogP contribution < -0.4 is 19.1 Å². The zero-order valence-electron chi connectivity index (χ0n) is 24.9. The monoisotopic (exact) mass is 649 g/mol. The van der Waals surface area contributed by atoms with Gasteiger partial charge in [0.05, 0.1) is 34.8 Å². The number of ether oxygens (including phenoxy) is 2. The van der Waals surface area contributed by atoms with Gasteiger partial charge in [0, 0.05) is 19.2 Å². The first-order valence-electron chi connectivity index (χ1n) is 13.8. The normalized spacial score (nSPS) is 11.9. The second-order valence-electron chi connectivity index (χ2n) is 9.85. The average Bonchev–Trinajstić information content (AvgIpc) is 3.00. The number of nitrogens with zero attached hydrogens (tertiary/aromatic N) is 2. The first-order chi connectivity index (χ1) is 20.5. The molecule has 3 aromatic rings. The van der Waals surface area contributed by atoms with E-state index in [1.54, 1.807) is 49.4 Å². The molecule has 0 spiro atoms. The van der Waals surface area contributed by atoms with Crippen LogP contribution in [0.1, 0.15) is 37.8 Å². The molecule has 0 saturated heterocycles. The molecule has 3 rings (SSSR count). The first-order valence-corrected chi connectivity index (χ1v) is 16.0. The molecule has 232 valence electrons. The number of anilines is 1. The van der Waals surface area contributed by atoms with Crippen molar-refractivity contribution in [2.45, 2.75) is 51.1 Å². The third-order valence-corrected chi connectivity index (χ3v) is 9.32. The maximum absolute atomic E-state index is 14.2. The van der Waals surface area contributed by atoms with Crippen LogP contribution in [0.3, 0.4) is 0 Å². The number of benzene rings is 3. The number of aryl methyl sites for hydroxylation is 1. The van der Waals surface area contributed by atoms with E-state index in [9.17, 15) is 18.0 Å². The number of hydrogen-bond donors (Lipinski definition) is 1. The molecular formula is C31H37Cl2N3O6S. The van der Waals surface area contributed by atoms with E-state index in [0.717, 1.165) is 9.87 Å². The molecule has 0 unspecified atom stereocenters. The highest BCUT2D eigenvalue weighted by Crippen LogP contribution is 2.33. The van der Waals surface area contributed by atoms with Gasteiger partial charge in [-0.2, -0.15) is 0 Å². The number of carbonyl (C=O) groups is 2. The summed E-state index contributed by atoms with van der Waals surface area (Å²) in [6.45, 7) is 5.47. The Bertz CT molecular complexity index is 1530. The van der Waals surface area contributed by atoms with Gasteiger partial charge < -0.3 is 19.7 Å². The smallest absolute Gasteiger partial charge is 0.264 e. The van der Waals surface area contributed by atoms with E-state index in [4.69, 9.17) is 32.7 Å². The molecule has 0 aromatic heterocycles. The molecule has 0 aliphatic carbocycles. The Labute approximate surface area is 263 Å². The van der Waals surface area contributed by atoms with Crippen LogP contribution in [-0.2, 0) is 26.2 Å². The summed E-state index contributed by atoms with van der Waals surface area (Å²) < 4.78 is 39.9. The third-order valence-electron chi connectivity index (χ3n) is 6.82. The van der Waals surface area contributed by atoms with Crippen LogP contribution in [0.15, 0.2) is 65.6 Å². The van der Waals surface area contributed by atoms with E-state index in [1.165, 1.54) is 37.3 Å². The van der Waals surface area contributed by atoms with E-state index in [0.29, 0.717) is 40.7 Å². The molecule has 43 heavy (non-hydrogen) atoms. The zero-order chi connectivity index (χ0) is 31.7.